The molecule has 0 spiro atoms. The molecule has 0 unspecified atom stereocenters. The summed E-state index contributed by atoms with van der Waals surface area (Å²) in [5.41, 5.74) is 1.92. The van der Waals surface area contributed by atoms with Crippen LogP contribution in [-0.4, -0.2) is 66.3 Å². The van der Waals surface area contributed by atoms with E-state index in [1.165, 1.54) is 16.4 Å². The van der Waals surface area contributed by atoms with Crippen molar-refractivity contribution in [3.05, 3.63) is 60.2 Å². The van der Waals surface area contributed by atoms with Crippen molar-refractivity contribution < 1.29 is 17.6 Å². The Hall–Kier alpha value is -2.98. The predicted octanol–water partition coefficient (Wildman–Crippen LogP) is 2.35. The summed E-state index contributed by atoms with van der Waals surface area (Å²) < 4.78 is 39.7. The normalized spacial score (nSPS) is 15.3. The highest BCUT2D eigenvalue weighted by Gasteiger charge is 2.30. The van der Waals surface area contributed by atoms with Gasteiger partial charge in [0.1, 0.15) is 11.6 Å². The molecular weight excluding hydrogens is 421 g/mol. The number of hydrogen-bond acceptors (Lipinski definition) is 4. The number of imidazole rings is 1. The molecule has 2 amide bonds. The smallest absolute Gasteiger partial charge is 0.317 e. The van der Waals surface area contributed by atoms with Gasteiger partial charge in [0.25, 0.3) is 0 Å². The zero-order chi connectivity index (χ0) is 21.8. The molecule has 0 saturated carbocycles. The highest BCUT2D eigenvalue weighted by atomic mass is 32.2. The maximum absolute atomic E-state index is 13.1. The number of aromatic nitrogens is 2. The number of H-pyrrole nitrogens is 1. The molecule has 1 aliphatic heterocycles. The van der Waals surface area contributed by atoms with Crippen molar-refractivity contribution in [1.29, 1.82) is 0 Å². The van der Waals surface area contributed by atoms with Crippen molar-refractivity contribution in [2.45, 2.75) is 17.7 Å². The number of nitrogens with zero attached hydrogens (tertiary/aromatic N) is 3. The Morgan fingerprint density at radius 1 is 1.06 bits per heavy atom. The number of amides is 2. The number of carbonyl (C=O) groups is 1. The first-order chi connectivity index (χ1) is 14.9. The van der Waals surface area contributed by atoms with Gasteiger partial charge in [0.05, 0.1) is 15.9 Å². The second-order valence-electron chi connectivity index (χ2n) is 7.38. The molecule has 1 aliphatic rings. The van der Waals surface area contributed by atoms with Crippen molar-refractivity contribution in [2.24, 2.45) is 0 Å². The first-order valence-electron chi connectivity index (χ1n) is 10.2. The molecule has 0 atom stereocenters. The third kappa shape index (κ3) is 4.86. The molecule has 0 aliphatic carbocycles. The number of benzene rings is 2. The second-order valence-corrected chi connectivity index (χ2v) is 9.32. The lowest BCUT2D eigenvalue weighted by Gasteiger charge is -2.34. The van der Waals surface area contributed by atoms with Gasteiger partial charge in [-0.1, -0.05) is 12.1 Å². The molecule has 8 nitrogen and oxygen atoms in total. The maximum Gasteiger partial charge on any atom is 0.317 e. The Kier molecular flexibility index (Phi) is 6.19. The van der Waals surface area contributed by atoms with Gasteiger partial charge in [0.15, 0.2) is 0 Å². The number of para-hydroxylation sites is 2. The molecule has 164 valence electrons. The highest BCUT2D eigenvalue weighted by molar-refractivity contribution is 7.89. The first kappa shape index (κ1) is 21.3. The summed E-state index contributed by atoms with van der Waals surface area (Å²) in [4.78, 5) is 21.8. The molecule has 2 heterocycles. The monoisotopic (exact) mass is 445 g/mol. The van der Waals surface area contributed by atoms with Gasteiger partial charge in [-0.2, -0.15) is 4.31 Å². The highest BCUT2D eigenvalue weighted by Crippen LogP contribution is 2.18. The standard InChI is InChI=1S/C21H24FN5O3S/c22-16-7-9-17(10-8-16)31(29,30)27-14-12-26(13-15-27)21(28)23-11-3-6-20-24-18-4-1-2-5-19(18)25-20/h1-2,4-5,7-10H,3,6,11-15H2,(H,23,28)(H,24,25). The number of urea groups is 1. The van der Waals surface area contributed by atoms with Gasteiger partial charge in [-0.3, -0.25) is 0 Å². The molecule has 0 radical (unpaired) electrons. The van der Waals surface area contributed by atoms with Crippen LogP contribution >= 0.6 is 0 Å². The van der Waals surface area contributed by atoms with Gasteiger partial charge in [-0.05, 0) is 42.8 Å². The zero-order valence-corrected chi connectivity index (χ0v) is 17.7. The lowest BCUT2D eigenvalue weighted by atomic mass is 10.3. The number of piperazine rings is 1. The van der Waals surface area contributed by atoms with Gasteiger partial charge < -0.3 is 15.2 Å². The van der Waals surface area contributed by atoms with Crippen LogP contribution < -0.4 is 5.32 Å². The fourth-order valence-electron chi connectivity index (χ4n) is 3.57. The van der Waals surface area contributed by atoms with Crippen molar-refractivity contribution in [3.8, 4) is 0 Å². The number of aryl methyl sites for hydroxylation is 1. The van der Waals surface area contributed by atoms with Crippen LogP contribution in [0.5, 0.6) is 0 Å². The number of sulfonamides is 1. The number of halogens is 1. The summed E-state index contributed by atoms with van der Waals surface area (Å²) in [6.45, 7) is 1.51. The lowest BCUT2D eigenvalue weighted by Crippen LogP contribution is -2.53. The predicted molar refractivity (Wildman–Crippen MR) is 115 cm³/mol. The van der Waals surface area contributed by atoms with E-state index in [0.717, 1.165) is 41.8 Å². The summed E-state index contributed by atoms with van der Waals surface area (Å²) in [5, 5.41) is 2.88. The van der Waals surface area contributed by atoms with Crippen LogP contribution in [-0.2, 0) is 16.4 Å². The van der Waals surface area contributed by atoms with Crippen molar-refractivity contribution in [3.63, 3.8) is 0 Å². The maximum atomic E-state index is 13.1. The fraction of sp³-hybridized carbons (Fsp3) is 0.333. The Labute approximate surface area is 180 Å². The number of hydrogen-bond donors (Lipinski definition) is 2. The van der Waals surface area contributed by atoms with E-state index in [0.29, 0.717) is 19.6 Å². The number of fused-ring (bicyclic) bond motifs is 1. The largest absolute Gasteiger partial charge is 0.342 e. The molecule has 31 heavy (non-hydrogen) atoms. The second kappa shape index (κ2) is 9.03. The summed E-state index contributed by atoms with van der Waals surface area (Å²) in [6, 6.07) is 12.4. The summed E-state index contributed by atoms with van der Waals surface area (Å²) in [5.74, 6) is 0.399. The third-order valence-corrected chi connectivity index (χ3v) is 7.20. The van der Waals surface area contributed by atoms with Crippen LogP contribution in [0.15, 0.2) is 53.4 Å². The molecule has 0 bridgehead atoms. The van der Waals surface area contributed by atoms with Crippen molar-refractivity contribution in [1.82, 2.24) is 24.5 Å². The Morgan fingerprint density at radius 3 is 2.48 bits per heavy atom. The SMILES string of the molecule is O=C(NCCCc1nc2ccccc2[nH]1)N1CCN(S(=O)(=O)c2ccc(F)cc2)CC1. The van der Waals surface area contributed by atoms with Crippen LogP contribution in [0.2, 0.25) is 0 Å². The fourth-order valence-corrected chi connectivity index (χ4v) is 5.00. The number of nitrogens with one attached hydrogen (secondary N) is 2. The first-order valence-corrected chi connectivity index (χ1v) is 11.6. The minimum Gasteiger partial charge on any atom is -0.342 e. The molecule has 3 aromatic rings. The number of carbonyl (C=O) groups excluding carboxylic acids is 1. The summed E-state index contributed by atoms with van der Waals surface area (Å²) in [6.07, 6.45) is 1.46. The van der Waals surface area contributed by atoms with Gasteiger partial charge in [0.2, 0.25) is 10.0 Å². The molecule has 4 rings (SSSR count). The van der Waals surface area contributed by atoms with E-state index in [4.69, 9.17) is 0 Å². The van der Waals surface area contributed by atoms with Crippen LogP contribution in [0.25, 0.3) is 11.0 Å². The molecule has 10 heteroatoms. The zero-order valence-electron chi connectivity index (χ0n) is 16.9. The Balaban J connectivity index is 1.22. The average Bonchev–Trinajstić information content (AvgIpc) is 3.20. The third-order valence-electron chi connectivity index (χ3n) is 5.28. The van der Waals surface area contributed by atoms with E-state index in [1.54, 1.807) is 4.90 Å². The van der Waals surface area contributed by atoms with Crippen LogP contribution in [0, 0.1) is 5.82 Å². The van der Waals surface area contributed by atoms with Crippen LogP contribution in [0.3, 0.4) is 0 Å². The molecule has 1 aromatic heterocycles. The van der Waals surface area contributed by atoms with Gasteiger partial charge in [-0.15, -0.1) is 0 Å². The average molecular weight is 446 g/mol. The lowest BCUT2D eigenvalue weighted by molar-refractivity contribution is 0.172. The van der Waals surface area contributed by atoms with Gasteiger partial charge >= 0.3 is 6.03 Å². The van der Waals surface area contributed by atoms with E-state index >= 15 is 0 Å². The molecule has 1 fully saturated rings. The van der Waals surface area contributed by atoms with E-state index in [-0.39, 0.29) is 24.0 Å². The van der Waals surface area contributed by atoms with E-state index in [9.17, 15) is 17.6 Å². The van der Waals surface area contributed by atoms with Crippen molar-refractivity contribution in [2.75, 3.05) is 32.7 Å². The quantitative estimate of drug-likeness (QED) is 0.569. The van der Waals surface area contributed by atoms with E-state index in [1.807, 2.05) is 24.3 Å². The Bertz CT molecular complexity index is 1120. The Morgan fingerprint density at radius 2 is 1.77 bits per heavy atom. The molecule has 2 aromatic carbocycles. The minimum atomic E-state index is -3.69. The topological polar surface area (TPSA) is 98.4 Å². The number of rotatable bonds is 6. The van der Waals surface area contributed by atoms with E-state index in [2.05, 4.69) is 15.3 Å². The summed E-state index contributed by atoms with van der Waals surface area (Å²) in [7, 11) is -3.69. The van der Waals surface area contributed by atoms with Gasteiger partial charge in [0, 0.05) is 39.1 Å². The van der Waals surface area contributed by atoms with Crippen molar-refractivity contribution >= 4 is 27.1 Å². The molecule has 1 saturated heterocycles. The molecular formula is C21H24FN5O3S. The van der Waals surface area contributed by atoms with Crippen LogP contribution in [0.1, 0.15) is 12.2 Å². The summed E-state index contributed by atoms with van der Waals surface area (Å²) >= 11 is 0. The van der Waals surface area contributed by atoms with Gasteiger partial charge in [-0.25, -0.2) is 22.6 Å². The number of aromatic amines is 1. The molecule has 2 N–H and O–H groups in total. The van der Waals surface area contributed by atoms with E-state index < -0.39 is 15.8 Å². The minimum absolute atomic E-state index is 0.0531. The van der Waals surface area contributed by atoms with Crippen LogP contribution in [0.4, 0.5) is 9.18 Å².